The summed E-state index contributed by atoms with van der Waals surface area (Å²) in [7, 11) is 0. The van der Waals surface area contributed by atoms with Gasteiger partial charge >= 0.3 is 0 Å². The predicted molar refractivity (Wildman–Crippen MR) is 129 cm³/mol. The first-order valence-corrected chi connectivity index (χ1v) is 11.7. The molecule has 33 heavy (non-hydrogen) atoms. The number of imide groups is 1. The Labute approximate surface area is 200 Å². The number of hydrogen-bond acceptors (Lipinski definition) is 7. The van der Waals surface area contributed by atoms with Crippen molar-refractivity contribution in [2.24, 2.45) is 0 Å². The van der Waals surface area contributed by atoms with Gasteiger partial charge in [-0.2, -0.15) is 0 Å². The van der Waals surface area contributed by atoms with E-state index in [1.165, 1.54) is 4.90 Å². The van der Waals surface area contributed by atoms with E-state index in [2.05, 4.69) is 10.5 Å². The number of amides is 2. The normalized spacial score (nSPS) is 14.4. The summed E-state index contributed by atoms with van der Waals surface area (Å²) >= 11 is 7.33. The molecule has 1 fully saturated rings. The molecule has 0 aliphatic carbocycles. The average Bonchev–Trinajstić information content (AvgIpc) is 3.18. The largest absolute Gasteiger partial charge is 0.491 e. The highest BCUT2D eigenvalue weighted by Crippen LogP contribution is 2.32. The van der Waals surface area contributed by atoms with Crippen molar-refractivity contribution >= 4 is 40.2 Å². The highest BCUT2D eigenvalue weighted by molar-refractivity contribution is 8.14. The van der Waals surface area contributed by atoms with Crippen molar-refractivity contribution in [2.75, 3.05) is 17.8 Å². The molecule has 1 aliphatic heterocycles. The summed E-state index contributed by atoms with van der Waals surface area (Å²) in [6, 6.07) is 16.0. The minimum absolute atomic E-state index is 0.168. The lowest BCUT2D eigenvalue weighted by Gasteiger charge is -2.25. The molecule has 0 radical (unpaired) electrons. The van der Waals surface area contributed by atoms with E-state index in [0.717, 1.165) is 28.5 Å². The summed E-state index contributed by atoms with van der Waals surface area (Å²) in [6.07, 6.45) is 4.74. The van der Waals surface area contributed by atoms with Gasteiger partial charge in [-0.3, -0.25) is 30.2 Å². The van der Waals surface area contributed by atoms with Crippen LogP contribution in [0, 0.1) is 0 Å². The minimum Gasteiger partial charge on any atom is -0.491 e. The second kappa shape index (κ2) is 10.7. The van der Waals surface area contributed by atoms with Crippen LogP contribution in [-0.4, -0.2) is 44.6 Å². The first-order valence-electron chi connectivity index (χ1n) is 10.4. The Morgan fingerprint density at radius 2 is 1.88 bits per heavy atom. The molecule has 7 nitrogen and oxygen atoms in total. The smallest absolute Gasteiger partial charge is 0.289 e. The topological polar surface area (TPSA) is 91.8 Å². The Bertz CT molecular complexity index is 1110. The molecule has 3 aromatic rings. The number of anilines is 1. The van der Waals surface area contributed by atoms with E-state index in [1.54, 1.807) is 30.6 Å². The van der Waals surface area contributed by atoms with E-state index in [1.807, 2.05) is 36.4 Å². The number of nitrogens with zero attached hydrogens (tertiary/aromatic N) is 2. The van der Waals surface area contributed by atoms with Crippen molar-refractivity contribution in [1.82, 2.24) is 9.88 Å². The molecule has 2 N–H and O–H groups in total. The molecule has 1 saturated heterocycles. The Morgan fingerprint density at radius 3 is 2.55 bits per heavy atom. The zero-order valence-electron chi connectivity index (χ0n) is 17.6. The van der Waals surface area contributed by atoms with Crippen LogP contribution in [0.25, 0.3) is 11.1 Å². The van der Waals surface area contributed by atoms with Gasteiger partial charge in [-0.1, -0.05) is 35.5 Å². The highest BCUT2D eigenvalue weighted by atomic mass is 35.5. The summed E-state index contributed by atoms with van der Waals surface area (Å²) in [6.45, 7) is 0.202. The van der Waals surface area contributed by atoms with Crippen molar-refractivity contribution in [3.8, 4) is 16.9 Å². The van der Waals surface area contributed by atoms with Crippen molar-refractivity contribution < 1.29 is 19.5 Å². The number of aryl methyl sites for hydroxylation is 1. The van der Waals surface area contributed by atoms with Crippen LogP contribution >= 0.6 is 23.4 Å². The Kier molecular flexibility index (Phi) is 7.49. The fourth-order valence-corrected chi connectivity index (χ4v) is 4.63. The van der Waals surface area contributed by atoms with Gasteiger partial charge in [0.05, 0.1) is 17.5 Å². The van der Waals surface area contributed by atoms with Crippen LogP contribution in [0.3, 0.4) is 0 Å². The van der Waals surface area contributed by atoms with Crippen molar-refractivity contribution in [3.05, 3.63) is 77.6 Å². The lowest BCUT2D eigenvalue weighted by Crippen LogP contribution is -2.43. The molecule has 2 aromatic carbocycles. The Balaban J connectivity index is 1.46. The summed E-state index contributed by atoms with van der Waals surface area (Å²) in [4.78, 5) is 30.0. The number of halogens is 1. The average molecular weight is 484 g/mol. The lowest BCUT2D eigenvalue weighted by molar-refractivity contribution is -0.126. The van der Waals surface area contributed by atoms with E-state index in [9.17, 15) is 9.59 Å². The molecular formula is C24H22ClN3O4S. The van der Waals surface area contributed by atoms with Gasteiger partial charge in [-0.25, -0.2) is 0 Å². The number of ether oxygens (including phenoxy) is 1. The van der Waals surface area contributed by atoms with Gasteiger partial charge in [-0.05, 0) is 66.4 Å². The fourth-order valence-electron chi connectivity index (χ4n) is 3.63. The maximum absolute atomic E-state index is 12.3. The van der Waals surface area contributed by atoms with Crippen LogP contribution in [0.2, 0.25) is 5.02 Å². The molecule has 170 valence electrons. The Morgan fingerprint density at radius 1 is 1.12 bits per heavy atom. The Hall–Kier alpha value is -3.07. The van der Waals surface area contributed by atoms with Crippen LogP contribution in [0.4, 0.5) is 10.5 Å². The molecule has 1 aromatic heterocycles. The third-order valence-electron chi connectivity index (χ3n) is 5.37. The summed E-state index contributed by atoms with van der Waals surface area (Å²) in [5.41, 5.74) is 5.36. The van der Waals surface area contributed by atoms with Gasteiger partial charge in [0.25, 0.3) is 5.24 Å². The van der Waals surface area contributed by atoms with Gasteiger partial charge in [0.1, 0.15) is 12.4 Å². The van der Waals surface area contributed by atoms with Crippen LogP contribution in [-0.2, 0) is 11.2 Å². The molecule has 4 rings (SSSR count). The molecule has 1 atom stereocenters. The number of thioether (sulfide) groups is 1. The van der Waals surface area contributed by atoms with E-state index in [-0.39, 0.29) is 29.5 Å². The van der Waals surface area contributed by atoms with E-state index in [0.29, 0.717) is 29.3 Å². The number of aromatic nitrogens is 1. The number of hydrogen-bond donors (Lipinski definition) is 2. The van der Waals surface area contributed by atoms with Gasteiger partial charge in [0.15, 0.2) is 0 Å². The summed E-state index contributed by atoms with van der Waals surface area (Å²) in [5, 5.41) is 9.47. The number of carbonyl (C=O) groups is 2. The molecule has 0 spiro atoms. The van der Waals surface area contributed by atoms with E-state index >= 15 is 0 Å². The molecule has 1 unspecified atom stereocenters. The second-order valence-electron chi connectivity index (χ2n) is 7.51. The lowest BCUT2D eigenvalue weighted by atomic mass is 10.0. The number of benzene rings is 2. The number of nitrogens with one attached hydrogen (secondary N) is 1. The van der Waals surface area contributed by atoms with E-state index in [4.69, 9.17) is 21.5 Å². The monoisotopic (exact) mass is 483 g/mol. The maximum Gasteiger partial charge on any atom is 0.289 e. The van der Waals surface area contributed by atoms with Gasteiger partial charge in [0, 0.05) is 23.0 Å². The SMILES string of the molecule is O=C1CSC(=O)N1C(CCc1ccncc1)COc1ccc(-c2cc(NO)ccc2Cl)cc1. The maximum atomic E-state index is 12.3. The predicted octanol–water partition coefficient (Wildman–Crippen LogP) is 5.28. The van der Waals surface area contributed by atoms with Gasteiger partial charge < -0.3 is 4.74 Å². The van der Waals surface area contributed by atoms with Crippen molar-refractivity contribution in [3.63, 3.8) is 0 Å². The molecule has 2 heterocycles. The summed E-state index contributed by atoms with van der Waals surface area (Å²) in [5.74, 6) is 0.601. The van der Waals surface area contributed by atoms with Crippen molar-refractivity contribution in [1.29, 1.82) is 0 Å². The number of pyridine rings is 1. The quantitative estimate of drug-likeness (QED) is 0.400. The van der Waals surface area contributed by atoms with E-state index < -0.39 is 0 Å². The van der Waals surface area contributed by atoms with Gasteiger partial charge in [-0.15, -0.1) is 0 Å². The number of rotatable bonds is 9. The third-order valence-corrected chi connectivity index (χ3v) is 6.53. The molecule has 0 bridgehead atoms. The van der Waals surface area contributed by atoms with Crippen LogP contribution in [0.15, 0.2) is 67.0 Å². The zero-order valence-corrected chi connectivity index (χ0v) is 19.2. The minimum atomic E-state index is -0.366. The van der Waals surface area contributed by atoms with Crippen LogP contribution in [0.5, 0.6) is 5.75 Å². The van der Waals surface area contributed by atoms with Gasteiger partial charge in [0.2, 0.25) is 5.91 Å². The fraction of sp³-hybridized carbons (Fsp3) is 0.208. The summed E-state index contributed by atoms with van der Waals surface area (Å²) < 4.78 is 5.98. The first-order chi connectivity index (χ1) is 16.0. The molecular weight excluding hydrogens is 462 g/mol. The number of carbonyl (C=O) groups excluding carboxylic acids is 2. The van der Waals surface area contributed by atoms with Crippen LogP contribution < -0.4 is 10.2 Å². The van der Waals surface area contributed by atoms with Crippen molar-refractivity contribution in [2.45, 2.75) is 18.9 Å². The molecule has 2 amide bonds. The first kappa shape index (κ1) is 23.1. The van der Waals surface area contributed by atoms with Crippen LogP contribution in [0.1, 0.15) is 12.0 Å². The second-order valence-corrected chi connectivity index (χ2v) is 8.84. The molecule has 0 saturated carbocycles. The standard InChI is InChI=1S/C24H22ClN3O4S/c25-22-8-4-18(27-31)13-21(22)17-2-6-20(7-3-17)32-14-19(28-23(29)15-33-24(28)30)5-1-16-9-11-26-12-10-16/h2-4,6-13,19,27,31H,1,5,14-15H2. The molecule has 9 heteroatoms. The highest BCUT2D eigenvalue weighted by Gasteiger charge is 2.36. The zero-order chi connectivity index (χ0) is 23.2. The molecule has 1 aliphatic rings. The third kappa shape index (κ3) is 5.65.